The predicted molar refractivity (Wildman–Crippen MR) is 102 cm³/mol. The summed E-state index contributed by atoms with van der Waals surface area (Å²) >= 11 is 0. The molecule has 0 radical (unpaired) electrons. The van der Waals surface area contributed by atoms with Crippen LogP contribution in [0.15, 0.2) is 24.3 Å². The van der Waals surface area contributed by atoms with E-state index in [-0.39, 0.29) is 18.8 Å². The van der Waals surface area contributed by atoms with E-state index in [0.29, 0.717) is 31.2 Å². The van der Waals surface area contributed by atoms with Crippen molar-refractivity contribution < 1.29 is 37.4 Å². The number of rotatable bonds is 5. The summed E-state index contributed by atoms with van der Waals surface area (Å²) in [5, 5.41) is 11.9. The summed E-state index contributed by atoms with van der Waals surface area (Å²) in [5.74, 6) is -3.56. The van der Waals surface area contributed by atoms with Crippen molar-refractivity contribution in [1.29, 1.82) is 0 Å². The Balaban J connectivity index is 1.80. The van der Waals surface area contributed by atoms with Gasteiger partial charge in [0.25, 0.3) is 0 Å². The molecule has 1 saturated heterocycles. The second-order valence-corrected chi connectivity index (χ2v) is 8.30. The number of aliphatic carboxylic acids is 1. The van der Waals surface area contributed by atoms with Crippen LogP contribution < -0.4 is 10.1 Å². The quantitative estimate of drug-likeness (QED) is 0.536. The first-order valence-corrected chi connectivity index (χ1v) is 9.73. The number of hydrogen-bond donors (Lipinski definition) is 2. The molecule has 1 saturated carbocycles. The van der Waals surface area contributed by atoms with E-state index >= 15 is 0 Å². The molecule has 170 valence electrons. The Morgan fingerprint density at radius 2 is 1.87 bits per heavy atom. The lowest BCUT2D eigenvalue weighted by Gasteiger charge is -2.48. The molecule has 11 heteroatoms. The van der Waals surface area contributed by atoms with Crippen LogP contribution in [0.4, 0.5) is 18.0 Å². The van der Waals surface area contributed by atoms with Gasteiger partial charge in [-0.15, -0.1) is 0 Å². The maximum absolute atomic E-state index is 12.5. The second-order valence-electron chi connectivity index (χ2n) is 8.30. The van der Waals surface area contributed by atoms with Crippen molar-refractivity contribution in [1.82, 2.24) is 15.1 Å². The fourth-order valence-corrected chi connectivity index (χ4v) is 4.51. The number of amides is 2. The minimum atomic E-state index is -5.09. The summed E-state index contributed by atoms with van der Waals surface area (Å²) in [6, 6.07) is 5.62. The van der Waals surface area contributed by atoms with Gasteiger partial charge in [0.15, 0.2) is 0 Å². The molecular formula is C20H24F3N3O5. The minimum Gasteiger partial charge on any atom is -0.480 e. The summed E-state index contributed by atoms with van der Waals surface area (Å²) in [4.78, 5) is 37.6. The zero-order valence-electron chi connectivity index (χ0n) is 17.2. The first-order chi connectivity index (χ1) is 14.4. The van der Waals surface area contributed by atoms with Gasteiger partial charge in [-0.3, -0.25) is 9.69 Å². The summed E-state index contributed by atoms with van der Waals surface area (Å²) in [6.07, 6.45) is -2.84. The number of ether oxygens (including phenoxy) is 1. The Labute approximate surface area is 176 Å². The van der Waals surface area contributed by atoms with Crippen molar-refractivity contribution >= 4 is 18.0 Å². The SMILES string of the molecule is CN(C)[C@]1(c2cccc(OC(=O)C(F)(F)F)c2)CC[C@]2(CC1)CN(CC(=O)O)C(=O)N2. The lowest BCUT2D eigenvalue weighted by atomic mass is 9.69. The predicted octanol–water partition coefficient (Wildman–Crippen LogP) is 2.33. The van der Waals surface area contributed by atoms with E-state index in [1.165, 1.54) is 23.1 Å². The number of carboxylic acids is 1. The molecular weight excluding hydrogens is 419 g/mol. The van der Waals surface area contributed by atoms with Crippen LogP contribution in [0.1, 0.15) is 31.2 Å². The standard InChI is InChI=1S/C20H24F3N3O5/c1-25(2)19(13-4-3-5-14(10-13)31-16(29)20(21,22)23)8-6-18(7-9-19)12-26(11-15(27)28)17(30)24-18/h3-5,10H,6-9,11-12H2,1-2H3,(H,24,30)(H,27,28)/t18-,19+. The van der Waals surface area contributed by atoms with Gasteiger partial charge in [0.05, 0.1) is 5.54 Å². The average molecular weight is 443 g/mol. The highest BCUT2D eigenvalue weighted by atomic mass is 19.4. The van der Waals surface area contributed by atoms with Crippen LogP contribution in [0.25, 0.3) is 0 Å². The highest BCUT2D eigenvalue weighted by molar-refractivity contribution is 5.82. The van der Waals surface area contributed by atoms with E-state index in [2.05, 4.69) is 10.1 Å². The number of esters is 1. The van der Waals surface area contributed by atoms with E-state index in [9.17, 15) is 27.6 Å². The fourth-order valence-electron chi connectivity index (χ4n) is 4.51. The maximum atomic E-state index is 12.5. The number of halogens is 3. The first-order valence-electron chi connectivity index (χ1n) is 9.73. The molecule has 2 fully saturated rings. The Morgan fingerprint density at radius 1 is 1.23 bits per heavy atom. The van der Waals surface area contributed by atoms with Crippen molar-refractivity contribution in [3.63, 3.8) is 0 Å². The van der Waals surface area contributed by atoms with Gasteiger partial charge in [0.2, 0.25) is 0 Å². The summed E-state index contributed by atoms with van der Waals surface area (Å²) < 4.78 is 42.1. The van der Waals surface area contributed by atoms with Gasteiger partial charge < -0.3 is 20.1 Å². The van der Waals surface area contributed by atoms with E-state index in [0.717, 1.165) is 0 Å². The third-order valence-corrected chi connectivity index (χ3v) is 6.18. The van der Waals surface area contributed by atoms with Crippen molar-refractivity contribution in [2.45, 2.75) is 42.9 Å². The number of nitrogens with zero attached hydrogens (tertiary/aromatic N) is 2. The van der Waals surface area contributed by atoms with Crippen LogP contribution in [-0.2, 0) is 15.1 Å². The van der Waals surface area contributed by atoms with Crippen molar-refractivity contribution in [2.24, 2.45) is 0 Å². The topological polar surface area (TPSA) is 99.2 Å². The normalized spacial score (nSPS) is 26.3. The smallest absolute Gasteiger partial charge is 0.480 e. The zero-order chi connectivity index (χ0) is 23.0. The molecule has 0 aromatic heterocycles. The average Bonchev–Trinajstić information content (AvgIpc) is 2.96. The third kappa shape index (κ3) is 4.60. The van der Waals surface area contributed by atoms with Crippen LogP contribution in [0.5, 0.6) is 5.75 Å². The van der Waals surface area contributed by atoms with Crippen LogP contribution in [0.2, 0.25) is 0 Å². The second kappa shape index (κ2) is 8.03. The van der Waals surface area contributed by atoms with E-state index in [1.54, 1.807) is 6.07 Å². The van der Waals surface area contributed by atoms with Crippen molar-refractivity contribution in [3.05, 3.63) is 29.8 Å². The number of nitrogens with one attached hydrogen (secondary N) is 1. The Bertz CT molecular complexity index is 879. The zero-order valence-corrected chi connectivity index (χ0v) is 17.2. The Kier molecular flexibility index (Phi) is 5.92. The lowest BCUT2D eigenvalue weighted by Crippen LogP contribution is -2.54. The molecule has 3 rings (SSSR count). The number of hydrogen-bond acceptors (Lipinski definition) is 5. The van der Waals surface area contributed by atoms with Gasteiger partial charge in [0, 0.05) is 12.1 Å². The summed E-state index contributed by atoms with van der Waals surface area (Å²) in [7, 11) is 3.71. The van der Waals surface area contributed by atoms with Crippen molar-refractivity contribution in [2.75, 3.05) is 27.2 Å². The van der Waals surface area contributed by atoms with Crippen LogP contribution >= 0.6 is 0 Å². The Morgan fingerprint density at radius 3 is 2.42 bits per heavy atom. The molecule has 1 aliphatic heterocycles. The highest BCUT2D eigenvalue weighted by Gasteiger charge is 2.50. The van der Waals surface area contributed by atoms with Crippen LogP contribution in [-0.4, -0.2) is 71.8 Å². The number of urea groups is 1. The molecule has 2 aliphatic rings. The van der Waals surface area contributed by atoms with E-state index in [4.69, 9.17) is 5.11 Å². The maximum Gasteiger partial charge on any atom is 0.491 e. The monoisotopic (exact) mass is 443 g/mol. The van der Waals surface area contributed by atoms with Crippen LogP contribution in [0.3, 0.4) is 0 Å². The molecule has 1 aromatic rings. The molecule has 2 amide bonds. The molecule has 0 atom stereocenters. The fraction of sp³-hybridized carbons (Fsp3) is 0.550. The van der Waals surface area contributed by atoms with Crippen molar-refractivity contribution in [3.8, 4) is 5.75 Å². The molecule has 0 unspecified atom stereocenters. The van der Waals surface area contributed by atoms with E-state index in [1.807, 2.05) is 19.0 Å². The molecule has 1 spiro atoms. The molecule has 2 N–H and O–H groups in total. The third-order valence-electron chi connectivity index (χ3n) is 6.18. The largest absolute Gasteiger partial charge is 0.491 e. The van der Waals surface area contributed by atoms with Gasteiger partial charge in [-0.1, -0.05) is 12.1 Å². The number of carboxylic acid groups (broad SMARTS) is 1. The number of carbonyl (C=O) groups is 3. The van der Waals surface area contributed by atoms with Gasteiger partial charge >= 0.3 is 24.1 Å². The van der Waals surface area contributed by atoms with Crippen LogP contribution in [0, 0.1) is 0 Å². The number of benzene rings is 1. The molecule has 1 aromatic carbocycles. The molecule has 8 nitrogen and oxygen atoms in total. The van der Waals surface area contributed by atoms with Gasteiger partial charge in [-0.25, -0.2) is 9.59 Å². The molecule has 1 heterocycles. The van der Waals surface area contributed by atoms with Gasteiger partial charge in [0.1, 0.15) is 12.3 Å². The summed E-state index contributed by atoms with van der Waals surface area (Å²) in [6.45, 7) is -0.0934. The van der Waals surface area contributed by atoms with E-state index < -0.39 is 35.2 Å². The lowest BCUT2D eigenvalue weighted by molar-refractivity contribution is -0.189. The number of carbonyl (C=O) groups excluding carboxylic acids is 2. The summed E-state index contributed by atoms with van der Waals surface area (Å²) in [5.41, 5.74) is -0.393. The molecule has 1 aliphatic carbocycles. The Hall–Kier alpha value is -2.82. The molecule has 0 bridgehead atoms. The molecule has 31 heavy (non-hydrogen) atoms. The highest BCUT2D eigenvalue weighted by Crippen LogP contribution is 2.46. The van der Waals surface area contributed by atoms with Gasteiger partial charge in [-0.05, 0) is 57.5 Å². The minimum absolute atomic E-state index is 0.192. The number of alkyl halides is 3. The first kappa shape index (κ1) is 22.9. The van der Waals surface area contributed by atoms with Gasteiger partial charge in [-0.2, -0.15) is 13.2 Å².